The predicted octanol–water partition coefficient (Wildman–Crippen LogP) is 3.05. The summed E-state index contributed by atoms with van der Waals surface area (Å²) in [5.74, 6) is 0.0393. The van der Waals surface area contributed by atoms with Gasteiger partial charge < -0.3 is 10.1 Å². The second-order valence-electron chi connectivity index (χ2n) is 8.65. The normalized spacial score (nSPS) is 22.4. The van der Waals surface area contributed by atoms with Crippen LogP contribution in [0.2, 0.25) is 0 Å². The SMILES string of the molecule is COC1=C(C=O)C=CCC1(C)S(=O)(=O)n1c(CNC(=O)C2(C)CC2)cc2ccccc21. The number of nitrogens with zero attached hydrogens (tertiary/aromatic N) is 1. The van der Waals surface area contributed by atoms with Gasteiger partial charge in [-0.1, -0.05) is 37.3 Å². The minimum absolute atomic E-state index is 0.0748. The Hall–Kier alpha value is -2.87. The number of carbonyl (C=O) groups is 2. The molecule has 4 rings (SSSR count). The fraction of sp³-hybridized carbons (Fsp3) is 0.391. The molecule has 1 unspecified atom stereocenters. The van der Waals surface area contributed by atoms with Crippen molar-refractivity contribution in [2.75, 3.05) is 7.11 Å². The zero-order valence-corrected chi connectivity index (χ0v) is 18.7. The van der Waals surface area contributed by atoms with E-state index in [0.717, 1.165) is 18.2 Å². The topological polar surface area (TPSA) is 94.5 Å². The Kier molecular flexibility index (Phi) is 5.08. The van der Waals surface area contributed by atoms with Gasteiger partial charge in [-0.3, -0.25) is 9.59 Å². The van der Waals surface area contributed by atoms with E-state index in [1.54, 1.807) is 37.3 Å². The molecule has 1 amide bonds. The van der Waals surface area contributed by atoms with E-state index < -0.39 is 14.8 Å². The Bertz CT molecular complexity index is 1230. The molecule has 1 heterocycles. The number of fused-ring (bicyclic) bond motifs is 1. The molecule has 164 valence electrons. The molecule has 1 aromatic carbocycles. The lowest BCUT2D eigenvalue weighted by atomic mass is 9.95. The van der Waals surface area contributed by atoms with E-state index >= 15 is 0 Å². The first-order chi connectivity index (χ1) is 14.7. The molecule has 0 radical (unpaired) electrons. The van der Waals surface area contributed by atoms with Crippen LogP contribution in [0.15, 0.2) is 53.8 Å². The van der Waals surface area contributed by atoms with Crippen molar-refractivity contribution in [3.63, 3.8) is 0 Å². The first-order valence-electron chi connectivity index (χ1n) is 10.2. The number of hydrogen-bond donors (Lipinski definition) is 1. The number of carbonyl (C=O) groups excluding carboxylic acids is 2. The number of para-hydroxylation sites is 1. The van der Waals surface area contributed by atoms with Gasteiger partial charge in [0, 0.05) is 10.8 Å². The average molecular weight is 443 g/mol. The monoisotopic (exact) mass is 442 g/mol. The summed E-state index contributed by atoms with van der Waals surface area (Å²) in [7, 11) is -2.70. The molecule has 1 N–H and O–H groups in total. The van der Waals surface area contributed by atoms with E-state index in [1.807, 2.05) is 19.1 Å². The van der Waals surface area contributed by atoms with Crippen molar-refractivity contribution >= 4 is 33.1 Å². The molecule has 0 aliphatic heterocycles. The highest BCUT2D eigenvalue weighted by Gasteiger charge is 2.48. The summed E-state index contributed by atoms with van der Waals surface area (Å²) in [6, 6.07) is 8.96. The molecule has 2 aromatic rings. The number of aldehydes is 1. The van der Waals surface area contributed by atoms with Crippen LogP contribution in [-0.4, -0.2) is 36.4 Å². The summed E-state index contributed by atoms with van der Waals surface area (Å²) in [6.07, 6.45) is 5.68. The Balaban J connectivity index is 1.84. The molecule has 1 atom stereocenters. The number of allylic oxidation sites excluding steroid dienone is 3. The number of nitrogens with one attached hydrogen (secondary N) is 1. The van der Waals surface area contributed by atoms with Crippen molar-refractivity contribution in [2.45, 2.75) is 44.4 Å². The fourth-order valence-electron chi connectivity index (χ4n) is 4.13. The van der Waals surface area contributed by atoms with Crippen LogP contribution >= 0.6 is 0 Å². The Morgan fingerprint density at radius 3 is 2.61 bits per heavy atom. The summed E-state index contributed by atoms with van der Waals surface area (Å²) >= 11 is 0. The zero-order chi connectivity index (χ0) is 22.4. The quantitative estimate of drug-likeness (QED) is 0.665. The summed E-state index contributed by atoms with van der Waals surface area (Å²) in [5.41, 5.74) is 0.814. The Morgan fingerprint density at radius 1 is 1.26 bits per heavy atom. The van der Waals surface area contributed by atoms with Gasteiger partial charge in [0.2, 0.25) is 5.91 Å². The largest absolute Gasteiger partial charge is 0.499 e. The van der Waals surface area contributed by atoms with Gasteiger partial charge in [0.15, 0.2) is 6.29 Å². The molecule has 8 heteroatoms. The lowest BCUT2D eigenvalue weighted by Gasteiger charge is -2.33. The van der Waals surface area contributed by atoms with Crippen molar-refractivity contribution < 1.29 is 22.7 Å². The predicted molar refractivity (Wildman–Crippen MR) is 118 cm³/mol. The molecule has 2 aliphatic rings. The van der Waals surface area contributed by atoms with Crippen LogP contribution in [0.4, 0.5) is 0 Å². The molecule has 1 aromatic heterocycles. The summed E-state index contributed by atoms with van der Waals surface area (Å²) in [6.45, 7) is 3.55. The molecular formula is C23H26N2O5S. The highest BCUT2D eigenvalue weighted by molar-refractivity contribution is 7.91. The molecule has 0 bridgehead atoms. The third-order valence-electron chi connectivity index (χ3n) is 6.40. The van der Waals surface area contributed by atoms with Crippen LogP contribution < -0.4 is 5.32 Å². The number of amides is 1. The minimum Gasteiger partial charge on any atom is -0.499 e. The average Bonchev–Trinajstić information content (AvgIpc) is 3.39. The molecule has 1 saturated carbocycles. The number of ether oxygens (including phenoxy) is 1. The van der Waals surface area contributed by atoms with Gasteiger partial charge in [0.05, 0.1) is 30.4 Å². The van der Waals surface area contributed by atoms with E-state index in [4.69, 9.17) is 4.74 Å². The third-order valence-corrected chi connectivity index (χ3v) is 8.81. The summed E-state index contributed by atoms with van der Waals surface area (Å²) in [4.78, 5) is 24.0. The van der Waals surface area contributed by atoms with Crippen LogP contribution in [0, 0.1) is 5.41 Å². The van der Waals surface area contributed by atoms with Gasteiger partial charge in [0.1, 0.15) is 10.5 Å². The first kappa shape index (κ1) is 21.4. The number of methoxy groups -OCH3 is 1. The maximum absolute atomic E-state index is 14.1. The van der Waals surface area contributed by atoms with Gasteiger partial charge in [-0.25, -0.2) is 12.4 Å². The molecule has 2 aliphatic carbocycles. The minimum atomic E-state index is -4.08. The first-order valence-corrected chi connectivity index (χ1v) is 11.7. The molecule has 0 saturated heterocycles. The highest BCUT2D eigenvalue weighted by atomic mass is 32.2. The highest BCUT2D eigenvalue weighted by Crippen LogP contribution is 2.45. The lowest BCUT2D eigenvalue weighted by Crippen LogP contribution is -2.44. The third kappa shape index (κ3) is 3.29. The van der Waals surface area contributed by atoms with E-state index in [9.17, 15) is 18.0 Å². The van der Waals surface area contributed by atoms with Crippen LogP contribution in [-0.2, 0) is 30.9 Å². The molecular weight excluding hydrogens is 416 g/mol. The summed E-state index contributed by atoms with van der Waals surface area (Å²) < 4.78 is 33.4. The second-order valence-corrected chi connectivity index (χ2v) is 10.9. The van der Waals surface area contributed by atoms with E-state index in [1.165, 1.54) is 11.1 Å². The molecule has 31 heavy (non-hydrogen) atoms. The Morgan fingerprint density at radius 2 is 1.97 bits per heavy atom. The van der Waals surface area contributed by atoms with E-state index in [0.29, 0.717) is 17.5 Å². The second kappa shape index (κ2) is 7.37. The van der Waals surface area contributed by atoms with Gasteiger partial charge in [-0.2, -0.15) is 0 Å². The fourth-order valence-corrected chi connectivity index (χ4v) is 6.12. The Labute approximate surface area is 181 Å². The van der Waals surface area contributed by atoms with Crippen molar-refractivity contribution in [3.8, 4) is 0 Å². The maximum Gasteiger partial charge on any atom is 0.252 e. The number of hydrogen-bond acceptors (Lipinski definition) is 5. The summed E-state index contributed by atoms with van der Waals surface area (Å²) in [5, 5.41) is 3.65. The number of rotatable bonds is 7. The van der Waals surface area contributed by atoms with Crippen molar-refractivity contribution in [1.82, 2.24) is 9.29 Å². The van der Waals surface area contributed by atoms with E-state index in [2.05, 4.69) is 5.32 Å². The van der Waals surface area contributed by atoms with Crippen molar-refractivity contribution in [2.24, 2.45) is 5.41 Å². The van der Waals surface area contributed by atoms with Gasteiger partial charge >= 0.3 is 0 Å². The van der Waals surface area contributed by atoms with E-state index in [-0.39, 0.29) is 35.6 Å². The molecule has 1 fully saturated rings. The molecule has 7 nitrogen and oxygen atoms in total. The number of aromatic nitrogens is 1. The van der Waals surface area contributed by atoms with Gasteiger partial charge in [0.25, 0.3) is 10.0 Å². The van der Waals surface area contributed by atoms with Gasteiger partial charge in [-0.15, -0.1) is 0 Å². The van der Waals surface area contributed by atoms with Crippen LogP contribution in [0.3, 0.4) is 0 Å². The van der Waals surface area contributed by atoms with Crippen LogP contribution in [0.25, 0.3) is 10.9 Å². The van der Waals surface area contributed by atoms with Crippen LogP contribution in [0.1, 0.15) is 38.8 Å². The number of benzene rings is 1. The van der Waals surface area contributed by atoms with Crippen molar-refractivity contribution in [1.29, 1.82) is 0 Å². The van der Waals surface area contributed by atoms with Gasteiger partial charge in [-0.05, 0) is 38.3 Å². The zero-order valence-electron chi connectivity index (χ0n) is 17.8. The van der Waals surface area contributed by atoms with Crippen LogP contribution in [0.5, 0.6) is 0 Å². The lowest BCUT2D eigenvalue weighted by molar-refractivity contribution is -0.125. The molecule has 0 spiro atoms. The maximum atomic E-state index is 14.1. The standard InChI is InChI=1S/C23H26N2O5S/c1-22(11-12-22)21(27)24-14-18-13-16-7-4-5-9-19(16)25(18)31(28,29)23(2)10-6-8-17(15-26)20(23)30-3/h4-9,13,15H,10-12,14H2,1-3H3,(H,24,27). The smallest absolute Gasteiger partial charge is 0.252 e. The van der Waals surface area contributed by atoms with Crippen molar-refractivity contribution in [3.05, 3.63) is 59.5 Å².